The topological polar surface area (TPSA) is 67.3 Å². The predicted octanol–water partition coefficient (Wildman–Crippen LogP) is 4.75. The molecule has 2 N–H and O–H groups in total. The van der Waals surface area contributed by atoms with Gasteiger partial charge in [0.15, 0.2) is 5.13 Å². The Labute approximate surface area is 164 Å². The van der Waals surface area contributed by atoms with Crippen LogP contribution in [-0.4, -0.2) is 27.2 Å². The Hall–Kier alpha value is -1.70. The van der Waals surface area contributed by atoms with Crippen molar-refractivity contribution in [2.45, 2.75) is 44.4 Å². The Morgan fingerprint density at radius 3 is 3.00 bits per heavy atom. The van der Waals surface area contributed by atoms with Crippen molar-refractivity contribution in [2.75, 3.05) is 5.32 Å². The molecule has 2 atom stereocenters. The summed E-state index contributed by atoms with van der Waals surface area (Å²) in [7, 11) is 0. The highest BCUT2D eigenvalue weighted by Crippen LogP contribution is 2.31. The fraction of sp³-hybridized carbons (Fsp3) is 0.368. The second-order valence-electron chi connectivity index (χ2n) is 6.51. The standard InChI is InChI=1S/C19H20BrN3O2S/c20-14-10-21-8-7-12(14)11-25-13-5-6-16-18(9-13)26-19(23-16)22-15-3-1-2-4-17(15)24/h5-10,15,17,24H,1-4,11H2,(H,22,23)/t15?,17-/m1/s1. The van der Waals surface area contributed by atoms with Gasteiger partial charge in [-0.2, -0.15) is 0 Å². The summed E-state index contributed by atoms with van der Waals surface area (Å²) in [6.07, 6.45) is 7.36. The van der Waals surface area contributed by atoms with Gasteiger partial charge in [0, 0.05) is 22.4 Å². The first-order valence-corrected chi connectivity index (χ1v) is 10.4. The summed E-state index contributed by atoms with van der Waals surface area (Å²) >= 11 is 5.09. The lowest BCUT2D eigenvalue weighted by atomic mass is 9.93. The summed E-state index contributed by atoms with van der Waals surface area (Å²) in [5.41, 5.74) is 2.00. The summed E-state index contributed by atoms with van der Waals surface area (Å²) in [5.74, 6) is 0.814. The molecule has 2 heterocycles. The number of fused-ring (bicyclic) bond motifs is 1. The molecule has 5 nitrogen and oxygen atoms in total. The Morgan fingerprint density at radius 1 is 1.27 bits per heavy atom. The molecule has 1 unspecified atom stereocenters. The van der Waals surface area contributed by atoms with E-state index in [0.29, 0.717) is 6.61 Å². The van der Waals surface area contributed by atoms with E-state index in [1.54, 1.807) is 23.7 Å². The van der Waals surface area contributed by atoms with Crippen LogP contribution in [0, 0.1) is 0 Å². The summed E-state index contributed by atoms with van der Waals surface area (Å²) in [6, 6.07) is 7.98. The first-order chi connectivity index (χ1) is 12.7. The van der Waals surface area contributed by atoms with Gasteiger partial charge in [0.2, 0.25) is 0 Å². The van der Waals surface area contributed by atoms with E-state index in [9.17, 15) is 5.11 Å². The number of hydrogen-bond acceptors (Lipinski definition) is 6. The SMILES string of the molecule is O[C@@H]1CCCCC1Nc1nc2ccc(OCc3ccncc3Br)cc2s1. The normalized spacial score (nSPS) is 20.2. The number of pyridine rings is 1. The maximum atomic E-state index is 10.1. The second-order valence-corrected chi connectivity index (χ2v) is 8.39. The maximum absolute atomic E-state index is 10.1. The van der Waals surface area contributed by atoms with E-state index in [1.165, 1.54) is 0 Å². The highest BCUT2D eigenvalue weighted by molar-refractivity contribution is 9.10. The molecule has 1 aliphatic carbocycles. The van der Waals surface area contributed by atoms with Gasteiger partial charge in [0.1, 0.15) is 12.4 Å². The molecule has 26 heavy (non-hydrogen) atoms. The Morgan fingerprint density at radius 2 is 2.15 bits per heavy atom. The minimum absolute atomic E-state index is 0.101. The largest absolute Gasteiger partial charge is 0.489 e. The highest BCUT2D eigenvalue weighted by Gasteiger charge is 2.23. The number of benzene rings is 1. The molecule has 2 aromatic heterocycles. The quantitative estimate of drug-likeness (QED) is 0.607. The van der Waals surface area contributed by atoms with Crippen LogP contribution in [-0.2, 0) is 6.61 Å². The van der Waals surface area contributed by atoms with E-state index in [1.807, 2.05) is 24.3 Å². The summed E-state index contributed by atoms with van der Waals surface area (Å²) in [4.78, 5) is 8.70. The van der Waals surface area contributed by atoms with Crippen LogP contribution in [0.15, 0.2) is 41.1 Å². The van der Waals surface area contributed by atoms with Crippen LogP contribution < -0.4 is 10.1 Å². The molecule has 136 valence electrons. The van der Waals surface area contributed by atoms with Crippen LogP contribution in [0.2, 0.25) is 0 Å². The van der Waals surface area contributed by atoms with E-state index in [4.69, 9.17) is 4.74 Å². The molecule has 1 aliphatic rings. The van der Waals surface area contributed by atoms with Crippen molar-refractivity contribution in [3.05, 3.63) is 46.7 Å². The van der Waals surface area contributed by atoms with Gasteiger partial charge in [0.25, 0.3) is 0 Å². The highest BCUT2D eigenvalue weighted by atomic mass is 79.9. The molecule has 0 saturated heterocycles. The number of halogens is 1. The number of ether oxygens (including phenoxy) is 1. The Kier molecular flexibility index (Phi) is 5.38. The summed E-state index contributed by atoms with van der Waals surface area (Å²) in [6.45, 7) is 0.479. The predicted molar refractivity (Wildman–Crippen MR) is 108 cm³/mol. The third-order valence-electron chi connectivity index (χ3n) is 4.65. The summed E-state index contributed by atoms with van der Waals surface area (Å²) < 4.78 is 7.93. The van der Waals surface area contributed by atoms with Crippen molar-refractivity contribution in [1.29, 1.82) is 0 Å². The first-order valence-electron chi connectivity index (χ1n) is 8.75. The molecular formula is C19H20BrN3O2S. The fourth-order valence-corrected chi connectivity index (χ4v) is 4.50. The number of rotatable bonds is 5. The minimum atomic E-state index is -0.284. The number of hydrogen-bond donors (Lipinski definition) is 2. The van der Waals surface area contributed by atoms with Gasteiger partial charge >= 0.3 is 0 Å². The smallest absolute Gasteiger partial charge is 0.184 e. The monoisotopic (exact) mass is 433 g/mol. The van der Waals surface area contributed by atoms with E-state index in [0.717, 1.165) is 56.8 Å². The van der Waals surface area contributed by atoms with Gasteiger partial charge in [-0.05, 0) is 53.0 Å². The van der Waals surface area contributed by atoms with Crippen molar-refractivity contribution in [1.82, 2.24) is 9.97 Å². The molecule has 1 saturated carbocycles. The van der Waals surface area contributed by atoms with Crippen LogP contribution in [0.25, 0.3) is 10.2 Å². The third-order valence-corrected chi connectivity index (χ3v) is 6.31. The van der Waals surface area contributed by atoms with E-state index in [2.05, 4.69) is 31.2 Å². The van der Waals surface area contributed by atoms with Crippen LogP contribution in [0.1, 0.15) is 31.2 Å². The molecule has 0 bridgehead atoms. The average molecular weight is 434 g/mol. The number of thiazole rings is 1. The van der Waals surface area contributed by atoms with Crippen LogP contribution in [0.4, 0.5) is 5.13 Å². The molecule has 0 spiro atoms. The second kappa shape index (κ2) is 7.90. The zero-order chi connectivity index (χ0) is 17.9. The van der Waals surface area contributed by atoms with Gasteiger partial charge in [-0.15, -0.1) is 0 Å². The average Bonchev–Trinajstić information content (AvgIpc) is 3.04. The van der Waals surface area contributed by atoms with Crippen molar-refractivity contribution in [3.8, 4) is 5.75 Å². The van der Waals surface area contributed by atoms with Gasteiger partial charge in [0.05, 0.1) is 22.4 Å². The fourth-order valence-electron chi connectivity index (χ4n) is 3.18. The summed E-state index contributed by atoms with van der Waals surface area (Å²) in [5, 5.41) is 14.4. The molecule has 4 rings (SSSR count). The Balaban J connectivity index is 1.46. The zero-order valence-electron chi connectivity index (χ0n) is 14.2. The minimum Gasteiger partial charge on any atom is -0.489 e. The van der Waals surface area contributed by atoms with Gasteiger partial charge in [-0.1, -0.05) is 24.2 Å². The van der Waals surface area contributed by atoms with Gasteiger partial charge < -0.3 is 15.2 Å². The number of anilines is 1. The molecule has 0 radical (unpaired) electrons. The van der Waals surface area contributed by atoms with Crippen LogP contribution >= 0.6 is 27.3 Å². The lowest BCUT2D eigenvalue weighted by molar-refractivity contribution is 0.116. The molecule has 1 aromatic carbocycles. The van der Waals surface area contributed by atoms with Crippen molar-refractivity contribution >= 4 is 42.6 Å². The maximum Gasteiger partial charge on any atom is 0.184 e. The number of aliphatic hydroxyl groups is 1. The third kappa shape index (κ3) is 4.00. The van der Waals surface area contributed by atoms with Crippen LogP contribution in [0.5, 0.6) is 5.75 Å². The molecule has 0 aliphatic heterocycles. The first kappa shape index (κ1) is 17.7. The molecular weight excluding hydrogens is 414 g/mol. The number of aliphatic hydroxyl groups excluding tert-OH is 1. The van der Waals surface area contributed by atoms with Gasteiger partial charge in [-0.25, -0.2) is 4.98 Å². The molecule has 7 heteroatoms. The molecule has 1 fully saturated rings. The lowest BCUT2D eigenvalue weighted by Gasteiger charge is -2.27. The van der Waals surface area contributed by atoms with Crippen molar-refractivity contribution in [3.63, 3.8) is 0 Å². The van der Waals surface area contributed by atoms with Gasteiger partial charge in [-0.3, -0.25) is 4.98 Å². The van der Waals surface area contributed by atoms with Crippen LogP contribution in [0.3, 0.4) is 0 Å². The Bertz CT molecular complexity index is 901. The number of nitrogens with zero attached hydrogens (tertiary/aromatic N) is 2. The van der Waals surface area contributed by atoms with E-state index >= 15 is 0 Å². The van der Waals surface area contributed by atoms with Crippen molar-refractivity contribution in [2.24, 2.45) is 0 Å². The molecule has 3 aromatic rings. The van der Waals surface area contributed by atoms with E-state index < -0.39 is 0 Å². The molecule has 0 amide bonds. The lowest BCUT2D eigenvalue weighted by Crippen LogP contribution is -2.36. The van der Waals surface area contributed by atoms with Crippen molar-refractivity contribution < 1.29 is 9.84 Å². The zero-order valence-corrected chi connectivity index (χ0v) is 16.6. The van der Waals surface area contributed by atoms with E-state index in [-0.39, 0.29) is 12.1 Å². The number of nitrogens with one attached hydrogen (secondary N) is 1. The number of aromatic nitrogens is 2.